The largest absolute Gasteiger partial charge is 0.367 e. The molecule has 2 aromatic heterocycles. The first-order valence-electron chi connectivity index (χ1n) is 10.0. The van der Waals surface area contributed by atoms with E-state index in [9.17, 15) is 14.4 Å². The fraction of sp³-hybridized carbons (Fsp3) is 0.182. The Labute approximate surface area is 184 Å². The van der Waals surface area contributed by atoms with Crippen molar-refractivity contribution in [3.8, 4) is 0 Å². The van der Waals surface area contributed by atoms with Gasteiger partial charge in [0.25, 0.3) is 11.8 Å². The van der Waals surface area contributed by atoms with E-state index in [1.807, 2.05) is 18.2 Å². The second-order valence-corrected chi connectivity index (χ2v) is 7.06. The first-order valence-corrected chi connectivity index (χ1v) is 10.0. The van der Waals surface area contributed by atoms with Gasteiger partial charge in [-0.2, -0.15) is 0 Å². The molecule has 3 aromatic rings. The molecule has 1 aromatic carbocycles. The number of fused-ring (bicyclic) bond motifs is 1. The van der Waals surface area contributed by atoms with Crippen LogP contribution in [0.3, 0.4) is 0 Å². The maximum absolute atomic E-state index is 12.5. The van der Waals surface area contributed by atoms with Crippen molar-refractivity contribution in [2.75, 3.05) is 23.7 Å². The molecule has 10 nitrogen and oxygen atoms in total. The van der Waals surface area contributed by atoms with E-state index in [0.29, 0.717) is 35.1 Å². The Balaban J connectivity index is 1.24. The number of carbonyl (C=O) groups is 3. The normalized spacial score (nSPS) is 13.5. The number of nitrogens with one attached hydrogen (secondary N) is 3. The number of aromatic nitrogens is 3. The molecule has 0 spiro atoms. The van der Waals surface area contributed by atoms with E-state index >= 15 is 0 Å². The Morgan fingerprint density at radius 1 is 0.875 bits per heavy atom. The molecule has 3 heterocycles. The molecule has 1 aliphatic heterocycles. The second-order valence-electron chi connectivity index (χ2n) is 7.06. The summed E-state index contributed by atoms with van der Waals surface area (Å²) in [6, 6.07) is 14.6. The van der Waals surface area contributed by atoms with Crippen LogP contribution in [0.2, 0.25) is 0 Å². The Morgan fingerprint density at radius 3 is 2.16 bits per heavy atom. The summed E-state index contributed by atoms with van der Waals surface area (Å²) in [5, 5.41) is 17.0. The van der Waals surface area contributed by atoms with Crippen molar-refractivity contribution in [1.29, 1.82) is 0 Å². The topological polar surface area (TPSA) is 129 Å². The summed E-state index contributed by atoms with van der Waals surface area (Å²) in [6.45, 7) is 2.20. The molecule has 0 saturated carbocycles. The van der Waals surface area contributed by atoms with Crippen molar-refractivity contribution < 1.29 is 14.4 Å². The summed E-state index contributed by atoms with van der Waals surface area (Å²) in [7, 11) is 0. The van der Waals surface area contributed by atoms with Gasteiger partial charge in [-0.3, -0.25) is 19.3 Å². The summed E-state index contributed by atoms with van der Waals surface area (Å²) >= 11 is 0. The highest BCUT2D eigenvalue weighted by molar-refractivity contribution is 6.22. The Morgan fingerprint density at radius 2 is 1.53 bits per heavy atom. The molecule has 0 fully saturated rings. The molecular formula is C22H21N7O3. The number of nitrogens with zero attached hydrogens (tertiary/aromatic N) is 4. The number of rotatable bonds is 8. The molecule has 0 saturated heterocycles. The molecule has 3 amide bonds. The van der Waals surface area contributed by atoms with Crippen LogP contribution in [0, 0.1) is 0 Å². The number of carbonyl (C=O) groups excluding carboxylic acids is 3. The lowest BCUT2D eigenvalue weighted by atomic mass is 10.1. The van der Waals surface area contributed by atoms with E-state index in [0.717, 1.165) is 4.90 Å². The number of hydrogen-bond acceptors (Lipinski definition) is 8. The quantitative estimate of drug-likeness (QED) is 0.364. The smallest absolute Gasteiger partial charge is 0.262 e. The zero-order valence-electron chi connectivity index (χ0n) is 17.3. The van der Waals surface area contributed by atoms with Crippen molar-refractivity contribution >= 4 is 35.2 Å². The minimum Gasteiger partial charge on any atom is -0.367 e. The van der Waals surface area contributed by atoms with E-state index in [4.69, 9.17) is 0 Å². The highest BCUT2D eigenvalue weighted by Gasteiger charge is 2.40. The van der Waals surface area contributed by atoms with Gasteiger partial charge in [-0.15, -0.1) is 10.2 Å². The minimum atomic E-state index is -0.917. The summed E-state index contributed by atoms with van der Waals surface area (Å²) in [5.41, 5.74) is 0.636. The Bertz CT molecular complexity index is 1100. The number of amides is 3. The van der Waals surface area contributed by atoms with Gasteiger partial charge in [0.1, 0.15) is 17.7 Å². The molecule has 4 rings (SSSR count). The molecule has 0 aliphatic carbocycles. The van der Waals surface area contributed by atoms with Gasteiger partial charge in [-0.25, -0.2) is 4.98 Å². The van der Waals surface area contributed by atoms with Gasteiger partial charge in [0.2, 0.25) is 5.91 Å². The zero-order chi connectivity index (χ0) is 22.5. The molecule has 1 atom stereocenters. The zero-order valence-corrected chi connectivity index (χ0v) is 17.3. The lowest BCUT2D eigenvalue weighted by Gasteiger charge is -2.21. The van der Waals surface area contributed by atoms with Crippen molar-refractivity contribution in [3.63, 3.8) is 0 Å². The SMILES string of the molecule is C[C@@H](C(=O)NCCNc1ccc(Nc2ccccn2)nn1)N1C(=O)c2ccccc2C1=O. The van der Waals surface area contributed by atoms with Crippen molar-refractivity contribution in [2.24, 2.45) is 0 Å². The molecule has 3 N–H and O–H groups in total. The predicted octanol–water partition coefficient (Wildman–Crippen LogP) is 1.83. The Hall–Kier alpha value is -4.34. The number of anilines is 3. The Kier molecular flexibility index (Phi) is 6.02. The molecule has 0 unspecified atom stereocenters. The number of hydrogen-bond donors (Lipinski definition) is 3. The number of imide groups is 1. The van der Waals surface area contributed by atoms with Crippen molar-refractivity contribution in [1.82, 2.24) is 25.4 Å². The van der Waals surface area contributed by atoms with Gasteiger partial charge in [-0.05, 0) is 43.3 Å². The average molecular weight is 431 g/mol. The summed E-state index contributed by atoms with van der Waals surface area (Å²) in [6.07, 6.45) is 1.68. The van der Waals surface area contributed by atoms with Gasteiger partial charge >= 0.3 is 0 Å². The highest BCUT2D eigenvalue weighted by atomic mass is 16.2. The van der Waals surface area contributed by atoms with Gasteiger partial charge in [-0.1, -0.05) is 18.2 Å². The average Bonchev–Trinajstić information content (AvgIpc) is 3.08. The fourth-order valence-electron chi connectivity index (χ4n) is 3.26. The van der Waals surface area contributed by atoms with E-state index in [1.54, 1.807) is 42.6 Å². The third-order valence-corrected chi connectivity index (χ3v) is 4.91. The first-order chi connectivity index (χ1) is 15.5. The lowest BCUT2D eigenvalue weighted by molar-refractivity contribution is -0.124. The van der Waals surface area contributed by atoms with Crippen molar-refractivity contribution in [2.45, 2.75) is 13.0 Å². The molecule has 0 radical (unpaired) electrons. The minimum absolute atomic E-state index is 0.280. The van der Waals surface area contributed by atoms with Gasteiger partial charge < -0.3 is 16.0 Å². The molecule has 162 valence electrons. The van der Waals surface area contributed by atoms with Gasteiger partial charge in [0.05, 0.1) is 11.1 Å². The highest BCUT2D eigenvalue weighted by Crippen LogP contribution is 2.24. The van der Waals surface area contributed by atoms with Crippen LogP contribution < -0.4 is 16.0 Å². The summed E-state index contributed by atoms with van der Waals surface area (Å²) in [4.78, 5) is 42.6. The summed E-state index contributed by atoms with van der Waals surface area (Å²) < 4.78 is 0. The number of pyridine rings is 1. The van der Waals surface area contributed by atoms with Crippen LogP contribution in [0.4, 0.5) is 17.5 Å². The fourth-order valence-corrected chi connectivity index (χ4v) is 3.26. The van der Waals surface area contributed by atoms with E-state index < -0.39 is 23.8 Å². The van der Waals surface area contributed by atoms with Crippen LogP contribution in [0.1, 0.15) is 27.6 Å². The lowest BCUT2D eigenvalue weighted by Crippen LogP contribution is -2.48. The van der Waals surface area contributed by atoms with Crippen LogP contribution in [-0.4, -0.2) is 56.9 Å². The van der Waals surface area contributed by atoms with E-state index in [2.05, 4.69) is 31.1 Å². The maximum atomic E-state index is 12.5. The van der Waals surface area contributed by atoms with E-state index in [1.165, 1.54) is 6.92 Å². The monoisotopic (exact) mass is 431 g/mol. The maximum Gasteiger partial charge on any atom is 0.262 e. The summed E-state index contributed by atoms with van der Waals surface area (Å²) in [5.74, 6) is 0.429. The van der Waals surface area contributed by atoms with Crippen LogP contribution >= 0.6 is 0 Å². The standard InChI is InChI=1S/C22H21N7O3/c1-14(29-21(31)15-6-2-3-7-16(15)22(29)32)20(30)25-13-12-24-18-9-10-19(28-27-18)26-17-8-4-5-11-23-17/h2-11,14H,12-13H2,1H3,(H,24,27)(H,25,30)(H,23,26,28)/t14-/m0/s1. The third kappa shape index (κ3) is 4.38. The predicted molar refractivity (Wildman–Crippen MR) is 117 cm³/mol. The molecule has 1 aliphatic rings. The van der Waals surface area contributed by atoms with Crippen LogP contribution in [0.25, 0.3) is 0 Å². The van der Waals surface area contributed by atoms with Gasteiger partial charge in [0.15, 0.2) is 5.82 Å². The first kappa shape index (κ1) is 20.9. The molecule has 10 heteroatoms. The number of benzene rings is 1. The van der Waals surface area contributed by atoms with Gasteiger partial charge in [0, 0.05) is 19.3 Å². The second kappa shape index (κ2) is 9.21. The molecule has 0 bridgehead atoms. The molecular weight excluding hydrogens is 410 g/mol. The van der Waals surface area contributed by atoms with Crippen LogP contribution in [0.5, 0.6) is 0 Å². The van der Waals surface area contributed by atoms with Crippen LogP contribution in [0.15, 0.2) is 60.8 Å². The van der Waals surface area contributed by atoms with Crippen LogP contribution in [-0.2, 0) is 4.79 Å². The third-order valence-electron chi connectivity index (χ3n) is 4.91. The van der Waals surface area contributed by atoms with E-state index in [-0.39, 0.29) is 6.54 Å². The van der Waals surface area contributed by atoms with Crippen molar-refractivity contribution in [3.05, 3.63) is 71.9 Å². The molecule has 32 heavy (non-hydrogen) atoms.